The molecule has 0 amide bonds. The molecule has 0 rings (SSSR count). The van der Waals surface area contributed by atoms with Gasteiger partial charge in [-0.05, 0) is 5.41 Å². The van der Waals surface area contributed by atoms with Crippen molar-refractivity contribution in [3.63, 3.8) is 0 Å². The number of halogens is 1. The van der Waals surface area contributed by atoms with Crippen LogP contribution in [0.3, 0.4) is 0 Å². The highest BCUT2D eigenvalue weighted by Crippen LogP contribution is 2.20. The van der Waals surface area contributed by atoms with Crippen molar-refractivity contribution in [2.24, 2.45) is 11.1 Å². The van der Waals surface area contributed by atoms with Crippen LogP contribution in [-0.4, -0.2) is 31.0 Å². The van der Waals surface area contributed by atoms with Crippen molar-refractivity contribution >= 4 is 12.4 Å². The molecule has 0 fully saturated rings. The highest BCUT2D eigenvalue weighted by Gasteiger charge is 2.23. The molecule has 0 aromatic heterocycles. The molecule has 0 aliphatic heterocycles. The SMILES string of the molecule is CC(C)(C)C(CN)OCCO.Cl. The average molecular weight is 198 g/mol. The van der Waals surface area contributed by atoms with Crippen molar-refractivity contribution in [3.8, 4) is 0 Å². The molecule has 0 heterocycles. The van der Waals surface area contributed by atoms with Gasteiger partial charge in [0.2, 0.25) is 0 Å². The Kier molecular flexibility index (Phi) is 8.15. The van der Waals surface area contributed by atoms with Crippen LogP contribution in [0.4, 0.5) is 0 Å². The Hall–Kier alpha value is 0.170. The van der Waals surface area contributed by atoms with E-state index in [0.29, 0.717) is 13.2 Å². The third-order valence-electron chi connectivity index (χ3n) is 1.59. The fourth-order valence-corrected chi connectivity index (χ4v) is 0.867. The first-order valence-corrected chi connectivity index (χ1v) is 3.95. The molecular weight excluding hydrogens is 178 g/mol. The Bertz CT molecular complexity index is 104. The summed E-state index contributed by atoms with van der Waals surface area (Å²) in [6.07, 6.45) is 0.0367. The van der Waals surface area contributed by atoms with Gasteiger partial charge in [0.1, 0.15) is 0 Å². The van der Waals surface area contributed by atoms with Gasteiger partial charge in [-0.25, -0.2) is 0 Å². The van der Waals surface area contributed by atoms with Crippen LogP contribution < -0.4 is 5.73 Å². The normalized spacial score (nSPS) is 13.8. The minimum atomic E-state index is 0. The third-order valence-corrected chi connectivity index (χ3v) is 1.59. The highest BCUT2D eigenvalue weighted by atomic mass is 35.5. The van der Waals surface area contributed by atoms with Gasteiger partial charge in [-0.15, -0.1) is 12.4 Å². The second kappa shape index (κ2) is 6.66. The van der Waals surface area contributed by atoms with Gasteiger partial charge in [0.05, 0.1) is 19.3 Å². The van der Waals surface area contributed by atoms with E-state index in [4.69, 9.17) is 15.6 Å². The van der Waals surface area contributed by atoms with E-state index in [-0.39, 0.29) is 30.5 Å². The number of nitrogens with two attached hydrogens (primary N) is 1. The zero-order chi connectivity index (χ0) is 8.91. The second-order valence-electron chi connectivity index (χ2n) is 3.68. The molecule has 12 heavy (non-hydrogen) atoms. The largest absolute Gasteiger partial charge is 0.394 e. The highest BCUT2D eigenvalue weighted by molar-refractivity contribution is 5.85. The summed E-state index contributed by atoms with van der Waals surface area (Å²) in [7, 11) is 0. The minimum absolute atomic E-state index is 0. The molecular formula is C8H20ClNO2. The Morgan fingerprint density at radius 1 is 1.42 bits per heavy atom. The molecule has 0 bridgehead atoms. The van der Waals surface area contributed by atoms with Gasteiger partial charge in [0.25, 0.3) is 0 Å². The molecule has 0 aliphatic rings. The van der Waals surface area contributed by atoms with Crippen molar-refractivity contribution in [1.82, 2.24) is 0 Å². The zero-order valence-corrected chi connectivity index (χ0v) is 8.86. The molecule has 0 aromatic carbocycles. The van der Waals surface area contributed by atoms with Gasteiger partial charge in [-0.3, -0.25) is 0 Å². The first-order chi connectivity index (χ1) is 5.02. The van der Waals surface area contributed by atoms with Gasteiger partial charge in [0.15, 0.2) is 0 Å². The van der Waals surface area contributed by atoms with E-state index in [1.165, 1.54) is 0 Å². The Morgan fingerprint density at radius 2 is 1.92 bits per heavy atom. The minimum Gasteiger partial charge on any atom is -0.394 e. The summed E-state index contributed by atoms with van der Waals surface area (Å²) >= 11 is 0. The standard InChI is InChI=1S/C8H19NO2.ClH/c1-8(2,3)7(6-9)11-5-4-10;/h7,10H,4-6,9H2,1-3H3;1H. The molecule has 0 radical (unpaired) electrons. The number of hydrogen-bond donors (Lipinski definition) is 2. The third kappa shape index (κ3) is 5.77. The molecule has 4 heteroatoms. The first-order valence-electron chi connectivity index (χ1n) is 3.95. The van der Waals surface area contributed by atoms with Gasteiger partial charge < -0.3 is 15.6 Å². The maximum Gasteiger partial charge on any atom is 0.0746 e. The van der Waals surface area contributed by atoms with Crippen LogP contribution in [-0.2, 0) is 4.74 Å². The smallest absolute Gasteiger partial charge is 0.0746 e. The van der Waals surface area contributed by atoms with E-state index >= 15 is 0 Å². The van der Waals surface area contributed by atoms with Crippen LogP contribution >= 0.6 is 12.4 Å². The molecule has 1 unspecified atom stereocenters. The fourth-order valence-electron chi connectivity index (χ4n) is 0.867. The molecule has 0 spiro atoms. The van der Waals surface area contributed by atoms with Crippen molar-refractivity contribution in [3.05, 3.63) is 0 Å². The van der Waals surface area contributed by atoms with Crippen molar-refractivity contribution in [2.45, 2.75) is 26.9 Å². The van der Waals surface area contributed by atoms with Gasteiger partial charge in [0, 0.05) is 6.54 Å². The van der Waals surface area contributed by atoms with E-state index in [9.17, 15) is 0 Å². The fraction of sp³-hybridized carbons (Fsp3) is 1.00. The Balaban J connectivity index is 0. The summed E-state index contributed by atoms with van der Waals surface area (Å²) in [6, 6.07) is 0. The summed E-state index contributed by atoms with van der Waals surface area (Å²) < 4.78 is 5.33. The molecule has 0 aliphatic carbocycles. The van der Waals surface area contributed by atoms with Gasteiger partial charge in [-0.1, -0.05) is 20.8 Å². The van der Waals surface area contributed by atoms with Crippen LogP contribution in [0.5, 0.6) is 0 Å². The van der Waals surface area contributed by atoms with Crippen LogP contribution in [0.15, 0.2) is 0 Å². The van der Waals surface area contributed by atoms with Gasteiger partial charge in [-0.2, -0.15) is 0 Å². The summed E-state index contributed by atoms with van der Waals surface area (Å²) in [5.41, 5.74) is 5.55. The predicted molar refractivity (Wildman–Crippen MR) is 52.6 cm³/mol. The van der Waals surface area contributed by atoms with E-state index in [0.717, 1.165) is 0 Å². The Labute approximate surface area is 80.7 Å². The topological polar surface area (TPSA) is 55.5 Å². The number of rotatable bonds is 4. The van der Waals surface area contributed by atoms with Crippen molar-refractivity contribution in [2.75, 3.05) is 19.8 Å². The summed E-state index contributed by atoms with van der Waals surface area (Å²) in [5.74, 6) is 0. The Morgan fingerprint density at radius 3 is 2.17 bits per heavy atom. The lowest BCUT2D eigenvalue weighted by Gasteiger charge is -2.29. The van der Waals surface area contributed by atoms with Crippen LogP contribution in [0, 0.1) is 5.41 Å². The second-order valence-corrected chi connectivity index (χ2v) is 3.68. The number of aliphatic hydroxyl groups is 1. The molecule has 76 valence electrons. The maximum absolute atomic E-state index is 8.51. The van der Waals surface area contributed by atoms with Gasteiger partial charge >= 0.3 is 0 Å². The average Bonchev–Trinajstić information content (AvgIpc) is 1.87. The summed E-state index contributed by atoms with van der Waals surface area (Å²) in [6.45, 7) is 7.15. The van der Waals surface area contributed by atoms with Crippen molar-refractivity contribution < 1.29 is 9.84 Å². The van der Waals surface area contributed by atoms with E-state index in [2.05, 4.69) is 20.8 Å². The maximum atomic E-state index is 8.51. The lowest BCUT2D eigenvalue weighted by molar-refractivity contribution is -0.0254. The van der Waals surface area contributed by atoms with Crippen LogP contribution in [0.25, 0.3) is 0 Å². The molecule has 0 saturated heterocycles. The van der Waals surface area contributed by atoms with Crippen LogP contribution in [0.1, 0.15) is 20.8 Å². The molecule has 0 aromatic rings. The molecule has 0 saturated carbocycles. The quantitative estimate of drug-likeness (QED) is 0.701. The number of ether oxygens (including phenoxy) is 1. The lowest BCUT2D eigenvalue weighted by Crippen LogP contribution is -2.36. The predicted octanol–water partition coefficient (Wildman–Crippen LogP) is 0.790. The molecule has 1 atom stereocenters. The molecule has 3 nitrogen and oxygen atoms in total. The zero-order valence-electron chi connectivity index (χ0n) is 8.04. The number of aliphatic hydroxyl groups excluding tert-OH is 1. The summed E-state index contributed by atoms with van der Waals surface area (Å²) in [4.78, 5) is 0. The lowest BCUT2D eigenvalue weighted by atomic mass is 9.89. The monoisotopic (exact) mass is 197 g/mol. The summed E-state index contributed by atoms with van der Waals surface area (Å²) in [5, 5.41) is 8.51. The molecule has 3 N–H and O–H groups in total. The van der Waals surface area contributed by atoms with Crippen LogP contribution in [0.2, 0.25) is 0 Å². The van der Waals surface area contributed by atoms with E-state index in [1.807, 2.05) is 0 Å². The number of hydrogen-bond acceptors (Lipinski definition) is 3. The van der Waals surface area contributed by atoms with E-state index < -0.39 is 0 Å². The van der Waals surface area contributed by atoms with E-state index in [1.54, 1.807) is 0 Å². The first kappa shape index (κ1) is 14.7. The van der Waals surface area contributed by atoms with Crippen molar-refractivity contribution in [1.29, 1.82) is 0 Å².